The second-order valence-corrected chi connectivity index (χ2v) is 7.04. The van der Waals surface area contributed by atoms with Crippen LogP contribution in [-0.4, -0.2) is 15.7 Å². The minimum absolute atomic E-state index is 0.147. The second-order valence-electron chi connectivity index (χ2n) is 5.76. The summed E-state index contributed by atoms with van der Waals surface area (Å²) in [6.07, 6.45) is 9.31. The zero-order valence-corrected chi connectivity index (χ0v) is 16.1. The van der Waals surface area contributed by atoms with E-state index < -0.39 is 0 Å². The Morgan fingerprint density at radius 3 is 2.50 bits per heavy atom. The molecular formula is C20H17Cl3N2O. The highest BCUT2D eigenvalue weighted by Gasteiger charge is 2.09. The third kappa shape index (κ3) is 5.61. The molecule has 0 radical (unpaired) electrons. The van der Waals surface area contributed by atoms with Crippen LogP contribution in [0.3, 0.4) is 0 Å². The van der Waals surface area contributed by atoms with Crippen LogP contribution in [0.2, 0.25) is 15.1 Å². The Morgan fingerprint density at radius 1 is 1.04 bits per heavy atom. The number of benzene rings is 2. The van der Waals surface area contributed by atoms with Gasteiger partial charge in [-0.05, 0) is 35.4 Å². The average molecular weight is 408 g/mol. The number of imidazole rings is 1. The summed E-state index contributed by atoms with van der Waals surface area (Å²) in [6, 6.07) is 13.0. The minimum Gasteiger partial charge on any atom is -0.368 e. The van der Waals surface area contributed by atoms with Crippen LogP contribution in [0, 0.1) is 0 Å². The van der Waals surface area contributed by atoms with E-state index in [0.29, 0.717) is 28.2 Å². The number of rotatable bonds is 7. The summed E-state index contributed by atoms with van der Waals surface area (Å²) >= 11 is 18.1. The molecule has 1 unspecified atom stereocenters. The molecule has 0 spiro atoms. The first kappa shape index (κ1) is 19.0. The Morgan fingerprint density at radius 2 is 1.81 bits per heavy atom. The van der Waals surface area contributed by atoms with Crippen molar-refractivity contribution in [2.24, 2.45) is 0 Å². The van der Waals surface area contributed by atoms with E-state index in [1.807, 2.05) is 53.2 Å². The minimum atomic E-state index is -0.147. The molecule has 0 aliphatic heterocycles. The molecule has 3 aromatic rings. The summed E-state index contributed by atoms with van der Waals surface area (Å²) < 4.78 is 8.05. The van der Waals surface area contributed by atoms with Crippen LogP contribution in [0.1, 0.15) is 11.1 Å². The summed E-state index contributed by atoms with van der Waals surface area (Å²) in [5.41, 5.74) is 1.95. The third-order valence-corrected chi connectivity index (χ3v) is 4.63. The van der Waals surface area contributed by atoms with Crippen LogP contribution in [0.5, 0.6) is 0 Å². The lowest BCUT2D eigenvalue weighted by Gasteiger charge is -2.16. The first-order valence-electron chi connectivity index (χ1n) is 8.05. The Balaban J connectivity index is 1.71. The molecule has 134 valence electrons. The van der Waals surface area contributed by atoms with Gasteiger partial charge >= 0.3 is 0 Å². The number of ether oxygens (including phenoxy) is 1. The zero-order chi connectivity index (χ0) is 18.4. The van der Waals surface area contributed by atoms with Gasteiger partial charge in [-0.15, -0.1) is 0 Å². The molecule has 1 atom stereocenters. The van der Waals surface area contributed by atoms with Crippen LogP contribution in [-0.2, 0) is 17.9 Å². The predicted molar refractivity (Wildman–Crippen MR) is 108 cm³/mol. The van der Waals surface area contributed by atoms with Gasteiger partial charge in [-0.2, -0.15) is 0 Å². The highest BCUT2D eigenvalue weighted by atomic mass is 35.5. The maximum absolute atomic E-state index is 6.23. The summed E-state index contributed by atoms with van der Waals surface area (Å²) in [4.78, 5) is 4.08. The Bertz CT molecular complexity index is 861. The number of halogens is 3. The van der Waals surface area contributed by atoms with E-state index in [0.717, 1.165) is 11.1 Å². The number of aromatic nitrogens is 2. The van der Waals surface area contributed by atoms with E-state index in [4.69, 9.17) is 39.5 Å². The molecule has 3 rings (SSSR count). The van der Waals surface area contributed by atoms with Crippen LogP contribution in [0.4, 0.5) is 0 Å². The molecule has 0 fully saturated rings. The van der Waals surface area contributed by atoms with E-state index in [-0.39, 0.29) is 6.10 Å². The van der Waals surface area contributed by atoms with Crippen molar-refractivity contribution in [2.45, 2.75) is 19.3 Å². The summed E-state index contributed by atoms with van der Waals surface area (Å²) in [6.45, 7) is 1.04. The van der Waals surface area contributed by atoms with Gasteiger partial charge in [0.1, 0.15) is 0 Å². The average Bonchev–Trinajstić information content (AvgIpc) is 3.13. The third-order valence-electron chi connectivity index (χ3n) is 3.79. The van der Waals surface area contributed by atoms with Crippen molar-refractivity contribution >= 4 is 40.9 Å². The first-order valence-corrected chi connectivity index (χ1v) is 9.18. The van der Waals surface area contributed by atoms with Gasteiger partial charge in [0.05, 0.1) is 25.6 Å². The monoisotopic (exact) mass is 406 g/mol. The van der Waals surface area contributed by atoms with Gasteiger partial charge in [0, 0.05) is 27.5 Å². The van der Waals surface area contributed by atoms with Crippen molar-refractivity contribution < 1.29 is 4.74 Å². The largest absolute Gasteiger partial charge is 0.368 e. The molecule has 0 aliphatic carbocycles. The molecule has 1 heterocycles. The Kier molecular flexibility index (Phi) is 6.75. The lowest BCUT2D eigenvalue weighted by atomic mass is 10.2. The molecule has 0 N–H and O–H groups in total. The van der Waals surface area contributed by atoms with Crippen LogP contribution in [0.25, 0.3) is 6.08 Å². The van der Waals surface area contributed by atoms with E-state index >= 15 is 0 Å². The van der Waals surface area contributed by atoms with E-state index in [9.17, 15) is 0 Å². The van der Waals surface area contributed by atoms with Gasteiger partial charge in [0.15, 0.2) is 0 Å². The van der Waals surface area contributed by atoms with Crippen molar-refractivity contribution in [1.29, 1.82) is 0 Å². The molecule has 3 nitrogen and oxygen atoms in total. The summed E-state index contributed by atoms with van der Waals surface area (Å²) in [5, 5.41) is 1.92. The fraction of sp³-hybridized carbons (Fsp3) is 0.150. The molecule has 1 aromatic heterocycles. The van der Waals surface area contributed by atoms with Gasteiger partial charge in [-0.1, -0.05) is 65.2 Å². The molecule has 0 aliphatic rings. The number of nitrogens with zero attached hydrogens (tertiary/aromatic N) is 2. The number of hydrogen-bond acceptors (Lipinski definition) is 2. The Hall–Kier alpha value is -1.78. The SMILES string of the molecule is Clc1ccc(C=CC(Cn2ccnc2)OCc2ccc(Cl)cc2Cl)cc1. The van der Waals surface area contributed by atoms with Crippen molar-refractivity contribution in [2.75, 3.05) is 0 Å². The quantitative estimate of drug-likeness (QED) is 0.470. The van der Waals surface area contributed by atoms with Gasteiger partial charge < -0.3 is 9.30 Å². The smallest absolute Gasteiger partial charge is 0.0946 e. The molecule has 0 amide bonds. The molecule has 0 saturated heterocycles. The van der Waals surface area contributed by atoms with E-state index in [2.05, 4.69) is 4.98 Å². The van der Waals surface area contributed by atoms with Crippen LogP contribution >= 0.6 is 34.8 Å². The molecule has 2 aromatic carbocycles. The fourth-order valence-electron chi connectivity index (χ4n) is 2.40. The number of hydrogen-bond donors (Lipinski definition) is 0. The standard InChI is InChI=1S/C20H17Cl3N2O/c21-17-5-1-15(2-6-17)3-8-19(12-25-10-9-24-14-25)26-13-16-4-7-18(22)11-20(16)23/h1-11,14,19H,12-13H2. The van der Waals surface area contributed by atoms with Crippen LogP contribution < -0.4 is 0 Å². The molecule has 0 saturated carbocycles. The predicted octanol–water partition coefficient (Wildman–Crippen LogP) is 6.14. The maximum atomic E-state index is 6.23. The van der Waals surface area contributed by atoms with Gasteiger partial charge in [-0.3, -0.25) is 0 Å². The van der Waals surface area contributed by atoms with Gasteiger partial charge in [0.2, 0.25) is 0 Å². The molecule has 0 bridgehead atoms. The lowest BCUT2D eigenvalue weighted by molar-refractivity contribution is 0.0613. The fourth-order valence-corrected chi connectivity index (χ4v) is 2.99. The van der Waals surface area contributed by atoms with Crippen molar-refractivity contribution in [3.8, 4) is 0 Å². The molecule has 6 heteroatoms. The summed E-state index contributed by atoms with van der Waals surface area (Å²) in [7, 11) is 0. The van der Waals surface area contributed by atoms with Gasteiger partial charge in [-0.25, -0.2) is 4.98 Å². The van der Waals surface area contributed by atoms with E-state index in [1.54, 1.807) is 24.7 Å². The van der Waals surface area contributed by atoms with E-state index in [1.165, 1.54) is 0 Å². The molecule has 26 heavy (non-hydrogen) atoms. The normalized spacial score (nSPS) is 12.6. The van der Waals surface area contributed by atoms with Crippen molar-refractivity contribution in [1.82, 2.24) is 9.55 Å². The maximum Gasteiger partial charge on any atom is 0.0946 e. The first-order chi connectivity index (χ1) is 12.6. The highest BCUT2D eigenvalue weighted by molar-refractivity contribution is 6.35. The second kappa shape index (κ2) is 9.24. The van der Waals surface area contributed by atoms with Gasteiger partial charge in [0.25, 0.3) is 0 Å². The zero-order valence-electron chi connectivity index (χ0n) is 13.9. The lowest BCUT2D eigenvalue weighted by Crippen LogP contribution is -2.17. The summed E-state index contributed by atoms with van der Waals surface area (Å²) in [5.74, 6) is 0. The van der Waals surface area contributed by atoms with Crippen molar-refractivity contribution in [3.63, 3.8) is 0 Å². The Labute approximate surface area is 167 Å². The highest BCUT2D eigenvalue weighted by Crippen LogP contribution is 2.22. The topological polar surface area (TPSA) is 27.1 Å². The van der Waals surface area contributed by atoms with Crippen LogP contribution in [0.15, 0.2) is 67.3 Å². The van der Waals surface area contributed by atoms with Crippen molar-refractivity contribution in [3.05, 3.63) is 93.5 Å². The molecular weight excluding hydrogens is 391 g/mol.